The van der Waals surface area contributed by atoms with Crippen LogP contribution in [0.3, 0.4) is 0 Å². The Balaban J connectivity index is 1.58. The molecule has 0 saturated heterocycles. The monoisotopic (exact) mass is 383 g/mol. The number of carbonyl (C=O) groups is 1. The molecule has 4 rings (SSSR count). The first-order chi connectivity index (χ1) is 13.6. The third-order valence-electron chi connectivity index (χ3n) is 5.18. The quantitative estimate of drug-likeness (QED) is 0.765. The number of amides is 1. The van der Waals surface area contributed by atoms with E-state index in [9.17, 15) is 4.79 Å². The molecule has 1 heterocycles. The van der Waals surface area contributed by atoms with Crippen LogP contribution in [0.1, 0.15) is 25.3 Å². The highest BCUT2D eigenvalue weighted by Crippen LogP contribution is 2.37. The number of fused-ring (bicyclic) bond motifs is 1. The van der Waals surface area contributed by atoms with E-state index in [0.717, 1.165) is 29.9 Å². The number of methoxy groups -OCH3 is 2. The number of hydrogen-bond acceptors (Lipinski definition) is 5. The third kappa shape index (κ3) is 3.59. The molecule has 1 amide bonds. The first kappa shape index (κ1) is 18.5. The summed E-state index contributed by atoms with van der Waals surface area (Å²) < 4.78 is 22.8. The SMILES string of the molecule is COc1ccc(OC)c(CN(C(=O)C2Oc3ccccc3OC2C)C2CC2)c1. The summed E-state index contributed by atoms with van der Waals surface area (Å²) in [7, 11) is 3.26. The minimum Gasteiger partial charge on any atom is -0.497 e. The normalized spacial score (nSPS) is 20.4. The summed E-state index contributed by atoms with van der Waals surface area (Å²) in [6.45, 7) is 2.31. The Morgan fingerprint density at radius 1 is 1.07 bits per heavy atom. The number of carbonyl (C=O) groups excluding carboxylic acids is 1. The van der Waals surface area contributed by atoms with E-state index in [1.54, 1.807) is 14.2 Å². The van der Waals surface area contributed by atoms with Gasteiger partial charge in [0.1, 0.15) is 17.6 Å². The molecule has 6 heteroatoms. The Kier molecular flexibility index (Phi) is 5.03. The van der Waals surface area contributed by atoms with Crippen LogP contribution in [-0.2, 0) is 11.3 Å². The molecule has 2 atom stereocenters. The van der Waals surface area contributed by atoms with Gasteiger partial charge in [-0.25, -0.2) is 0 Å². The van der Waals surface area contributed by atoms with Crippen LogP contribution in [0.4, 0.5) is 0 Å². The van der Waals surface area contributed by atoms with Crippen LogP contribution in [-0.4, -0.2) is 43.3 Å². The molecular formula is C22H25NO5. The third-order valence-corrected chi connectivity index (χ3v) is 5.18. The van der Waals surface area contributed by atoms with Crippen molar-refractivity contribution < 1.29 is 23.7 Å². The second-order valence-corrected chi connectivity index (χ2v) is 7.18. The molecule has 148 valence electrons. The topological polar surface area (TPSA) is 57.2 Å². The number of nitrogens with zero attached hydrogens (tertiary/aromatic N) is 1. The highest BCUT2D eigenvalue weighted by atomic mass is 16.6. The number of benzene rings is 2. The molecule has 1 aliphatic heterocycles. The molecule has 1 aliphatic carbocycles. The minimum absolute atomic E-state index is 0.0608. The van der Waals surface area contributed by atoms with Gasteiger partial charge in [0, 0.05) is 18.2 Å². The van der Waals surface area contributed by atoms with E-state index in [1.807, 2.05) is 54.3 Å². The summed E-state index contributed by atoms with van der Waals surface area (Å²) in [5.41, 5.74) is 0.909. The van der Waals surface area contributed by atoms with Crippen LogP contribution in [0, 0.1) is 0 Å². The van der Waals surface area contributed by atoms with Gasteiger partial charge < -0.3 is 23.8 Å². The highest BCUT2D eigenvalue weighted by Gasteiger charge is 2.42. The van der Waals surface area contributed by atoms with Crippen molar-refractivity contribution in [1.82, 2.24) is 4.90 Å². The maximum Gasteiger partial charge on any atom is 0.268 e. The molecular weight excluding hydrogens is 358 g/mol. The van der Waals surface area contributed by atoms with Gasteiger partial charge in [-0.2, -0.15) is 0 Å². The molecule has 2 aliphatic rings. The van der Waals surface area contributed by atoms with E-state index in [-0.39, 0.29) is 18.1 Å². The molecule has 28 heavy (non-hydrogen) atoms. The van der Waals surface area contributed by atoms with Gasteiger partial charge in [-0.3, -0.25) is 4.79 Å². The first-order valence-electron chi connectivity index (χ1n) is 9.54. The zero-order valence-electron chi connectivity index (χ0n) is 16.4. The van der Waals surface area contributed by atoms with E-state index < -0.39 is 6.10 Å². The second kappa shape index (κ2) is 7.62. The Morgan fingerprint density at radius 3 is 2.43 bits per heavy atom. The molecule has 0 spiro atoms. The van der Waals surface area contributed by atoms with Gasteiger partial charge in [0.15, 0.2) is 11.5 Å². The van der Waals surface area contributed by atoms with E-state index in [4.69, 9.17) is 18.9 Å². The van der Waals surface area contributed by atoms with Crippen LogP contribution in [0.5, 0.6) is 23.0 Å². The zero-order valence-corrected chi connectivity index (χ0v) is 16.4. The van der Waals surface area contributed by atoms with E-state index >= 15 is 0 Å². The molecule has 0 N–H and O–H groups in total. The average Bonchev–Trinajstić information content (AvgIpc) is 3.56. The molecule has 0 aromatic heterocycles. The standard InChI is InChI=1S/C22H25NO5/c1-14-21(28-20-7-5-4-6-19(20)27-14)22(24)23(16-8-9-16)13-15-12-17(25-2)10-11-18(15)26-3/h4-7,10-12,14,16,21H,8-9,13H2,1-3H3. The average molecular weight is 383 g/mol. The van der Waals surface area contributed by atoms with E-state index in [0.29, 0.717) is 18.0 Å². The Labute approximate surface area is 165 Å². The molecule has 0 radical (unpaired) electrons. The van der Waals surface area contributed by atoms with Gasteiger partial charge in [0.25, 0.3) is 5.91 Å². The van der Waals surface area contributed by atoms with Crippen molar-refractivity contribution in [2.24, 2.45) is 0 Å². The smallest absolute Gasteiger partial charge is 0.268 e. The van der Waals surface area contributed by atoms with Gasteiger partial charge in [-0.1, -0.05) is 12.1 Å². The van der Waals surface area contributed by atoms with Crippen molar-refractivity contribution in [2.45, 2.75) is 44.6 Å². The number of para-hydroxylation sites is 2. The van der Waals surface area contributed by atoms with Crippen molar-refractivity contribution in [3.8, 4) is 23.0 Å². The van der Waals surface area contributed by atoms with Crippen molar-refractivity contribution >= 4 is 5.91 Å². The van der Waals surface area contributed by atoms with Gasteiger partial charge in [-0.05, 0) is 50.1 Å². The Hall–Kier alpha value is -2.89. The maximum absolute atomic E-state index is 13.4. The fourth-order valence-corrected chi connectivity index (χ4v) is 3.52. The fraction of sp³-hybridized carbons (Fsp3) is 0.409. The molecule has 2 aromatic carbocycles. The van der Waals surface area contributed by atoms with Gasteiger partial charge >= 0.3 is 0 Å². The zero-order chi connectivity index (χ0) is 19.7. The highest BCUT2D eigenvalue weighted by molar-refractivity contribution is 5.83. The summed E-state index contributed by atoms with van der Waals surface area (Å²) in [5, 5.41) is 0. The molecule has 2 unspecified atom stereocenters. The lowest BCUT2D eigenvalue weighted by molar-refractivity contribution is -0.145. The summed E-state index contributed by atoms with van der Waals surface area (Å²) in [4.78, 5) is 15.3. The predicted octanol–water partition coefficient (Wildman–Crippen LogP) is 3.42. The molecule has 1 saturated carbocycles. The van der Waals surface area contributed by atoms with Gasteiger partial charge in [0.2, 0.25) is 6.10 Å². The van der Waals surface area contributed by atoms with Crippen LogP contribution in [0.2, 0.25) is 0 Å². The largest absolute Gasteiger partial charge is 0.497 e. The molecule has 1 fully saturated rings. The molecule has 6 nitrogen and oxygen atoms in total. The van der Waals surface area contributed by atoms with Crippen LogP contribution >= 0.6 is 0 Å². The van der Waals surface area contributed by atoms with Crippen molar-refractivity contribution in [3.05, 3.63) is 48.0 Å². The minimum atomic E-state index is -0.674. The Morgan fingerprint density at radius 2 is 1.79 bits per heavy atom. The van der Waals surface area contributed by atoms with E-state index in [1.165, 1.54) is 0 Å². The molecule has 2 aromatic rings. The van der Waals surface area contributed by atoms with Crippen LogP contribution in [0.25, 0.3) is 0 Å². The number of rotatable bonds is 6. The van der Waals surface area contributed by atoms with Crippen LogP contribution in [0.15, 0.2) is 42.5 Å². The summed E-state index contributed by atoms with van der Waals surface area (Å²) in [6, 6.07) is 13.3. The summed E-state index contributed by atoms with van der Waals surface area (Å²) in [6.07, 6.45) is 0.954. The van der Waals surface area contributed by atoms with Gasteiger partial charge in [0.05, 0.1) is 14.2 Å². The maximum atomic E-state index is 13.4. The predicted molar refractivity (Wildman–Crippen MR) is 104 cm³/mol. The van der Waals surface area contributed by atoms with Crippen molar-refractivity contribution in [2.75, 3.05) is 14.2 Å². The Bertz CT molecular complexity index is 864. The van der Waals surface area contributed by atoms with E-state index in [2.05, 4.69) is 0 Å². The summed E-state index contributed by atoms with van der Waals surface area (Å²) in [5.74, 6) is 2.69. The summed E-state index contributed by atoms with van der Waals surface area (Å²) >= 11 is 0. The van der Waals surface area contributed by atoms with Gasteiger partial charge in [-0.15, -0.1) is 0 Å². The van der Waals surface area contributed by atoms with Crippen LogP contribution < -0.4 is 18.9 Å². The second-order valence-electron chi connectivity index (χ2n) is 7.18. The molecule has 0 bridgehead atoms. The van der Waals surface area contributed by atoms with Crippen molar-refractivity contribution in [3.63, 3.8) is 0 Å². The lowest BCUT2D eigenvalue weighted by Gasteiger charge is -2.35. The van der Waals surface area contributed by atoms with Crippen molar-refractivity contribution in [1.29, 1.82) is 0 Å². The first-order valence-corrected chi connectivity index (χ1v) is 9.54. The fourth-order valence-electron chi connectivity index (χ4n) is 3.52. The lowest BCUT2D eigenvalue weighted by atomic mass is 10.1. The number of ether oxygens (including phenoxy) is 4. The number of hydrogen-bond donors (Lipinski definition) is 0. The lowest BCUT2D eigenvalue weighted by Crippen LogP contribution is -2.51.